The molecule has 6 heteroatoms. The Morgan fingerprint density at radius 3 is 2.59 bits per heavy atom. The van der Waals surface area contributed by atoms with Crippen LogP contribution in [0.3, 0.4) is 0 Å². The summed E-state index contributed by atoms with van der Waals surface area (Å²) in [5, 5.41) is 0.940. The molecule has 0 amide bonds. The number of hydrogen-bond donors (Lipinski definition) is 0. The number of aromatic nitrogens is 3. The van der Waals surface area contributed by atoms with Crippen LogP contribution in [0.1, 0.15) is 29.3 Å². The van der Waals surface area contributed by atoms with Crippen LogP contribution < -0.4 is 4.74 Å². The summed E-state index contributed by atoms with van der Waals surface area (Å²) in [6.07, 6.45) is 2.72. The van der Waals surface area contributed by atoms with E-state index in [1.807, 2.05) is 6.07 Å². The topological polar surface area (TPSA) is 57.1 Å². The van der Waals surface area contributed by atoms with Crippen molar-refractivity contribution in [1.82, 2.24) is 15.0 Å². The molecule has 5 aromatic rings. The van der Waals surface area contributed by atoms with Crippen LogP contribution in [-0.2, 0) is 17.8 Å². The lowest BCUT2D eigenvalue weighted by molar-refractivity contribution is 0.181. The first-order valence-electron chi connectivity index (χ1n) is 11.4. The van der Waals surface area contributed by atoms with E-state index in [4.69, 9.17) is 24.4 Å². The molecule has 0 N–H and O–H groups in total. The summed E-state index contributed by atoms with van der Waals surface area (Å²) in [4.78, 5) is 14.4. The molecule has 5 rings (SSSR count). The minimum atomic E-state index is 0.0731. The first-order chi connectivity index (χ1) is 16.5. The smallest absolute Gasteiger partial charge is 0.126 e. The number of aryl methyl sites for hydroxylation is 2. The zero-order chi connectivity index (χ0) is 23.7. The predicted octanol–water partition coefficient (Wildman–Crippen LogP) is 6.68. The molecule has 0 radical (unpaired) electrons. The monoisotopic (exact) mass is 469 g/mol. The minimum absolute atomic E-state index is 0.0731. The van der Waals surface area contributed by atoms with Gasteiger partial charge in [-0.3, -0.25) is 4.98 Å². The van der Waals surface area contributed by atoms with Crippen LogP contribution in [0.15, 0.2) is 60.8 Å². The molecule has 0 aliphatic carbocycles. The molecule has 0 fully saturated rings. The van der Waals surface area contributed by atoms with Gasteiger partial charge in [0.25, 0.3) is 0 Å². The van der Waals surface area contributed by atoms with Crippen LogP contribution in [-0.4, -0.2) is 28.2 Å². The van der Waals surface area contributed by atoms with Crippen molar-refractivity contribution < 1.29 is 9.47 Å². The van der Waals surface area contributed by atoms with Crippen molar-refractivity contribution in [2.75, 3.05) is 7.11 Å². The second kappa shape index (κ2) is 9.49. The summed E-state index contributed by atoms with van der Waals surface area (Å²) < 4.78 is 12.6. The Morgan fingerprint density at radius 2 is 1.79 bits per heavy atom. The van der Waals surface area contributed by atoms with E-state index >= 15 is 0 Å². The highest BCUT2D eigenvalue weighted by molar-refractivity contribution is 7.21. The highest BCUT2D eigenvalue weighted by Crippen LogP contribution is 2.37. The second-order valence-electron chi connectivity index (χ2n) is 8.70. The van der Waals surface area contributed by atoms with Gasteiger partial charge in [0.1, 0.15) is 10.8 Å². The van der Waals surface area contributed by atoms with Gasteiger partial charge in [0.2, 0.25) is 0 Å². The zero-order valence-electron chi connectivity index (χ0n) is 19.8. The SMILES string of the molecule is COCc1cnc2c(-c3nc4c(C)cc(OC(C)Cc5ccccc5)cc4s3)cc(C)cc2n1. The number of nitrogens with zero attached hydrogens (tertiary/aromatic N) is 3. The summed E-state index contributed by atoms with van der Waals surface area (Å²) in [6, 6.07) is 18.8. The lowest BCUT2D eigenvalue weighted by Crippen LogP contribution is -2.15. The van der Waals surface area contributed by atoms with Crippen molar-refractivity contribution in [3.8, 4) is 16.3 Å². The Bertz CT molecular complexity index is 1460. The number of methoxy groups -OCH3 is 1. The first kappa shape index (κ1) is 22.4. The molecule has 0 saturated carbocycles. The van der Waals surface area contributed by atoms with Gasteiger partial charge >= 0.3 is 0 Å². The average Bonchev–Trinajstić information content (AvgIpc) is 3.24. The van der Waals surface area contributed by atoms with Crippen molar-refractivity contribution in [2.45, 2.75) is 39.9 Å². The normalized spacial score (nSPS) is 12.4. The zero-order valence-corrected chi connectivity index (χ0v) is 20.6. The third kappa shape index (κ3) is 4.65. The third-order valence-corrected chi connectivity index (χ3v) is 6.76. The summed E-state index contributed by atoms with van der Waals surface area (Å²) >= 11 is 1.66. The quantitative estimate of drug-likeness (QED) is 0.266. The molecule has 0 aliphatic heterocycles. The molecule has 3 aromatic carbocycles. The molecular formula is C28H27N3O2S. The fraction of sp³-hybridized carbons (Fsp3) is 0.250. The molecule has 5 nitrogen and oxygen atoms in total. The highest BCUT2D eigenvalue weighted by atomic mass is 32.1. The lowest BCUT2D eigenvalue weighted by Gasteiger charge is -2.15. The van der Waals surface area contributed by atoms with Crippen molar-refractivity contribution in [3.63, 3.8) is 0 Å². The predicted molar refractivity (Wildman–Crippen MR) is 139 cm³/mol. The van der Waals surface area contributed by atoms with Crippen molar-refractivity contribution in [3.05, 3.63) is 83.2 Å². The van der Waals surface area contributed by atoms with Gasteiger partial charge in [0, 0.05) is 19.1 Å². The molecule has 0 aliphatic rings. The first-order valence-corrected chi connectivity index (χ1v) is 12.2. The largest absolute Gasteiger partial charge is 0.490 e. The number of benzene rings is 3. The van der Waals surface area contributed by atoms with Gasteiger partial charge < -0.3 is 9.47 Å². The van der Waals surface area contributed by atoms with Crippen molar-refractivity contribution >= 4 is 32.6 Å². The maximum atomic E-state index is 6.29. The highest BCUT2D eigenvalue weighted by Gasteiger charge is 2.16. The summed E-state index contributed by atoms with van der Waals surface area (Å²) in [5.41, 5.74) is 8.04. The third-order valence-electron chi connectivity index (χ3n) is 5.73. The van der Waals surface area contributed by atoms with E-state index in [0.29, 0.717) is 6.61 Å². The molecule has 0 bridgehead atoms. The van der Waals surface area contributed by atoms with Gasteiger partial charge in [-0.2, -0.15) is 0 Å². The fourth-order valence-corrected chi connectivity index (χ4v) is 5.34. The Kier molecular flexibility index (Phi) is 6.26. The van der Waals surface area contributed by atoms with Crippen LogP contribution in [0.25, 0.3) is 31.8 Å². The molecule has 1 unspecified atom stereocenters. The maximum Gasteiger partial charge on any atom is 0.126 e. The van der Waals surface area contributed by atoms with Gasteiger partial charge in [-0.25, -0.2) is 9.97 Å². The summed E-state index contributed by atoms with van der Waals surface area (Å²) in [7, 11) is 1.66. The molecule has 2 aromatic heterocycles. The summed E-state index contributed by atoms with van der Waals surface area (Å²) in [6.45, 7) is 6.72. The molecule has 0 saturated heterocycles. The van der Waals surface area contributed by atoms with E-state index < -0.39 is 0 Å². The number of ether oxygens (including phenoxy) is 2. The molecular weight excluding hydrogens is 442 g/mol. The van der Waals surface area contributed by atoms with E-state index in [1.165, 1.54) is 5.56 Å². The van der Waals surface area contributed by atoms with Crippen molar-refractivity contribution in [1.29, 1.82) is 0 Å². The Hall–Kier alpha value is -3.35. The number of rotatable bonds is 7. The van der Waals surface area contributed by atoms with Crippen LogP contribution >= 0.6 is 11.3 Å². The van der Waals surface area contributed by atoms with Crippen LogP contribution in [0, 0.1) is 13.8 Å². The van der Waals surface area contributed by atoms with Gasteiger partial charge in [0.15, 0.2) is 0 Å². The number of thiazole rings is 1. The fourth-order valence-electron chi connectivity index (χ4n) is 4.25. The van der Waals surface area contributed by atoms with Gasteiger partial charge in [0.05, 0.1) is 45.9 Å². The second-order valence-corrected chi connectivity index (χ2v) is 9.73. The maximum absolute atomic E-state index is 6.29. The number of hydrogen-bond acceptors (Lipinski definition) is 6. The number of fused-ring (bicyclic) bond motifs is 2. The van der Waals surface area contributed by atoms with Crippen molar-refractivity contribution in [2.24, 2.45) is 0 Å². The molecule has 34 heavy (non-hydrogen) atoms. The molecule has 2 heterocycles. The van der Waals surface area contributed by atoms with Gasteiger partial charge in [-0.1, -0.05) is 30.3 Å². The molecule has 1 atom stereocenters. The van der Waals surface area contributed by atoms with E-state index in [-0.39, 0.29) is 6.10 Å². The van der Waals surface area contributed by atoms with E-state index in [2.05, 4.69) is 69.3 Å². The van der Waals surface area contributed by atoms with E-state index in [1.54, 1.807) is 24.6 Å². The molecule has 172 valence electrons. The lowest BCUT2D eigenvalue weighted by atomic mass is 10.1. The van der Waals surface area contributed by atoms with Crippen LogP contribution in [0.5, 0.6) is 5.75 Å². The van der Waals surface area contributed by atoms with E-state index in [9.17, 15) is 0 Å². The van der Waals surface area contributed by atoms with Crippen LogP contribution in [0.2, 0.25) is 0 Å². The van der Waals surface area contributed by atoms with Crippen LogP contribution in [0.4, 0.5) is 0 Å². The summed E-state index contributed by atoms with van der Waals surface area (Å²) in [5.74, 6) is 0.877. The van der Waals surface area contributed by atoms with Gasteiger partial charge in [-0.05, 0) is 61.7 Å². The standard InChI is InChI=1S/C28H27N3O2S/c1-17-10-23(27-24(11-17)30-21(15-29-27)16-32-4)28-31-26-18(2)12-22(14-25(26)34-28)33-19(3)13-20-8-6-5-7-9-20/h5-12,14-15,19H,13,16H2,1-4H3. The Balaban J connectivity index is 1.49. The van der Waals surface area contributed by atoms with E-state index in [0.717, 1.165) is 60.8 Å². The Morgan fingerprint density at radius 1 is 0.971 bits per heavy atom. The molecule has 0 spiro atoms. The average molecular weight is 470 g/mol. The van der Waals surface area contributed by atoms with Gasteiger partial charge in [-0.15, -0.1) is 11.3 Å². The Labute approximate surface area is 203 Å². The minimum Gasteiger partial charge on any atom is -0.490 e.